The highest BCUT2D eigenvalue weighted by Gasteiger charge is 2.24. The summed E-state index contributed by atoms with van der Waals surface area (Å²) in [4.78, 5) is 28.8. The Bertz CT molecular complexity index is 1560. The summed E-state index contributed by atoms with van der Waals surface area (Å²) in [6.45, 7) is 5.99. The highest BCUT2D eigenvalue weighted by atomic mass is 35.5. The van der Waals surface area contributed by atoms with Crippen LogP contribution in [0, 0.1) is 0 Å². The molecule has 2 aliphatic heterocycles. The molecule has 3 N–H and O–H groups in total. The topological polar surface area (TPSA) is 123 Å². The minimum Gasteiger partial charge on any atom is -0.491 e. The SMILES string of the molecule is O=C(Nc1cc2c(Nc3ccc(OCc4ccccn4)c(Cl)c3)ncnc2cc1OCCCN1CCOCC1)C1CCCN1. The third-order valence-electron chi connectivity index (χ3n) is 7.65. The molecule has 4 heterocycles. The summed E-state index contributed by atoms with van der Waals surface area (Å²) in [6.07, 6.45) is 5.85. The van der Waals surface area contributed by atoms with Gasteiger partial charge in [0.05, 0.1) is 47.8 Å². The predicted molar refractivity (Wildman–Crippen MR) is 170 cm³/mol. The normalized spacial score (nSPS) is 17.0. The van der Waals surface area contributed by atoms with Crippen molar-refractivity contribution in [1.82, 2.24) is 25.2 Å². The van der Waals surface area contributed by atoms with Gasteiger partial charge < -0.3 is 30.2 Å². The Morgan fingerprint density at radius 3 is 2.77 bits per heavy atom. The van der Waals surface area contributed by atoms with Crippen LogP contribution in [-0.2, 0) is 16.1 Å². The zero-order chi connectivity index (χ0) is 30.1. The minimum absolute atomic E-state index is 0.0838. The Hall–Kier alpha value is -4.03. The van der Waals surface area contributed by atoms with Gasteiger partial charge in [0, 0.05) is 43.0 Å². The Morgan fingerprint density at radius 2 is 1.98 bits per heavy atom. The number of anilines is 3. The van der Waals surface area contributed by atoms with Gasteiger partial charge in [-0.15, -0.1) is 0 Å². The van der Waals surface area contributed by atoms with Gasteiger partial charge in [-0.1, -0.05) is 17.7 Å². The zero-order valence-corrected chi connectivity index (χ0v) is 25.2. The number of fused-ring (bicyclic) bond motifs is 1. The first-order chi connectivity index (χ1) is 21.6. The van der Waals surface area contributed by atoms with E-state index in [0.29, 0.717) is 46.8 Å². The lowest BCUT2D eigenvalue weighted by Crippen LogP contribution is -2.37. The molecular weight excluding hydrogens is 582 g/mol. The van der Waals surface area contributed by atoms with Crippen LogP contribution in [-0.4, -0.2) is 77.8 Å². The van der Waals surface area contributed by atoms with E-state index in [0.717, 1.165) is 75.4 Å². The summed E-state index contributed by atoms with van der Waals surface area (Å²) < 4.78 is 17.5. The van der Waals surface area contributed by atoms with E-state index in [-0.39, 0.29) is 11.9 Å². The average Bonchev–Trinajstić information content (AvgIpc) is 3.60. The number of aromatic nitrogens is 3. The van der Waals surface area contributed by atoms with Gasteiger partial charge in [-0.05, 0) is 62.2 Å². The average molecular weight is 618 g/mol. The number of hydrogen-bond acceptors (Lipinski definition) is 10. The van der Waals surface area contributed by atoms with Crippen LogP contribution in [0.25, 0.3) is 10.9 Å². The lowest BCUT2D eigenvalue weighted by molar-refractivity contribution is -0.117. The molecule has 0 bridgehead atoms. The summed E-state index contributed by atoms with van der Waals surface area (Å²) in [5, 5.41) is 10.9. The second-order valence-corrected chi connectivity index (χ2v) is 11.2. The van der Waals surface area contributed by atoms with Crippen molar-refractivity contribution in [2.24, 2.45) is 0 Å². The van der Waals surface area contributed by atoms with E-state index in [9.17, 15) is 4.79 Å². The van der Waals surface area contributed by atoms with Crippen molar-refractivity contribution in [3.05, 3.63) is 71.8 Å². The van der Waals surface area contributed by atoms with Crippen LogP contribution in [0.1, 0.15) is 25.0 Å². The number of carbonyl (C=O) groups is 1. The third kappa shape index (κ3) is 7.72. The van der Waals surface area contributed by atoms with E-state index >= 15 is 0 Å². The molecule has 0 saturated carbocycles. The van der Waals surface area contributed by atoms with E-state index in [2.05, 4.69) is 35.8 Å². The molecule has 11 nitrogen and oxygen atoms in total. The number of carbonyl (C=O) groups excluding carboxylic acids is 1. The van der Waals surface area contributed by atoms with E-state index in [1.165, 1.54) is 6.33 Å². The summed E-state index contributed by atoms with van der Waals surface area (Å²) in [5.74, 6) is 1.62. The zero-order valence-electron chi connectivity index (χ0n) is 24.4. The van der Waals surface area contributed by atoms with Crippen molar-refractivity contribution in [1.29, 1.82) is 0 Å². The maximum absolute atomic E-state index is 13.1. The smallest absolute Gasteiger partial charge is 0.241 e. The van der Waals surface area contributed by atoms with Gasteiger partial charge in [0.25, 0.3) is 0 Å². The van der Waals surface area contributed by atoms with E-state index in [1.807, 2.05) is 36.4 Å². The number of pyridine rings is 1. The highest BCUT2D eigenvalue weighted by Crippen LogP contribution is 2.35. The Balaban J connectivity index is 1.19. The molecule has 0 aliphatic carbocycles. The van der Waals surface area contributed by atoms with Gasteiger partial charge in [-0.2, -0.15) is 0 Å². The lowest BCUT2D eigenvalue weighted by atomic mass is 10.1. The quantitative estimate of drug-likeness (QED) is 0.191. The van der Waals surface area contributed by atoms with Crippen molar-refractivity contribution in [3.8, 4) is 11.5 Å². The fraction of sp³-hybridized carbons (Fsp3) is 0.375. The number of amides is 1. The van der Waals surface area contributed by atoms with Crippen molar-refractivity contribution in [2.45, 2.75) is 31.9 Å². The van der Waals surface area contributed by atoms with Crippen LogP contribution in [0.3, 0.4) is 0 Å². The summed E-state index contributed by atoms with van der Waals surface area (Å²) in [5.41, 5.74) is 2.80. The Kier molecular flexibility index (Phi) is 9.98. The fourth-order valence-corrected chi connectivity index (χ4v) is 5.53. The Morgan fingerprint density at radius 1 is 1.07 bits per heavy atom. The van der Waals surface area contributed by atoms with Crippen molar-refractivity contribution in [2.75, 3.05) is 56.6 Å². The number of ether oxygens (including phenoxy) is 3. The van der Waals surface area contributed by atoms with Crippen LogP contribution in [0.4, 0.5) is 17.2 Å². The molecule has 2 aliphatic rings. The number of hydrogen-bond donors (Lipinski definition) is 3. The molecule has 1 unspecified atom stereocenters. The summed E-state index contributed by atoms with van der Waals surface area (Å²) in [7, 11) is 0. The maximum atomic E-state index is 13.1. The fourth-order valence-electron chi connectivity index (χ4n) is 5.29. The molecule has 2 saturated heterocycles. The van der Waals surface area contributed by atoms with Gasteiger partial charge >= 0.3 is 0 Å². The lowest BCUT2D eigenvalue weighted by Gasteiger charge is -2.26. The van der Waals surface area contributed by atoms with Crippen LogP contribution in [0.2, 0.25) is 5.02 Å². The van der Waals surface area contributed by atoms with Crippen LogP contribution in [0.15, 0.2) is 61.1 Å². The molecule has 2 aromatic carbocycles. The minimum atomic E-state index is -0.231. The van der Waals surface area contributed by atoms with Gasteiger partial charge in [0.15, 0.2) is 0 Å². The number of halogens is 1. The van der Waals surface area contributed by atoms with Crippen molar-refractivity contribution >= 4 is 45.6 Å². The molecule has 6 rings (SSSR count). The van der Waals surface area contributed by atoms with Crippen molar-refractivity contribution in [3.63, 3.8) is 0 Å². The first-order valence-corrected chi connectivity index (χ1v) is 15.4. The molecule has 2 fully saturated rings. The molecule has 2 aromatic heterocycles. The van der Waals surface area contributed by atoms with E-state index in [1.54, 1.807) is 18.3 Å². The second kappa shape index (κ2) is 14.6. The maximum Gasteiger partial charge on any atom is 0.241 e. The predicted octanol–water partition coefficient (Wildman–Crippen LogP) is 4.79. The summed E-state index contributed by atoms with van der Waals surface area (Å²) in [6, 6.07) is 14.6. The molecule has 1 amide bonds. The third-order valence-corrected chi connectivity index (χ3v) is 7.94. The molecule has 12 heteroatoms. The number of rotatable bonds is 12. The molecule has 1 atom stereocenters. The van der Waals surface area contributed by atoms with Gasteiger partial charge in [0.1, 0.15) is 30.3 Å². The standard InChI is InChI=1S/C32H36ClN7O4/c33-25-17-22(7-8-29(25)44-20-23-5-1-2-9-34-23)38-31-24-18-28(39-32(41)26-6-3-10-35-26)30(19-27(24)36-21-37-31)43-14-4-11-40-12-15-42-16-13-40/h1-2,5,7-9,17-19,21,26,35H,3-4,6,10-16,20H2,(H,39,41)(H,36,37,38). The van der Waals surface area contributed by atoms with Crippen molar-refractivity contribution < 1.29 is 19.0 Å². The van der Waals surface area contributed by atoms with Gasteiger partial charge in [0.2, 0.25) is 5.91 Å². The van der Waals surface area contributed by atoms with Gasteiger partial charge in [-0.3, -0.25) is 14.7 Å². The first-order valence-electron chi connectivity index (χ1n) is 15.0. The monoisotopic (exact) mass is 617 g/mol. The van der Waals surface area contributed by atoms with E-state index < -0.39 is 0 Å². The number of morpholine rings is 1. The second-order valence-electron chi connectivity index (χ2n) is 10.8. The van der Waals surface area contributed by atoms with Gasteiger partial charge in [-0.25, -0.2) is 9.97 Å². The molecule has 230 valence electrons. The highest BCUT2D eigenvalue weighted by molar-refractivity contribution is 6.32. The first kappa shape index (κ1) is 30.0. The molecule has 0 radical (unpaired) electrons. The molecule has 4 aromatic rings. The molecular formula is C32H36ClN7O4. The largest absolute Gasteiger partial charge is 0.491 e. The number of nitrogens with zero attached hydrogens (tertiary/aromatic N) is 4. The molecule has 0 spiro atoms. The number of benzene rings is 2. The van der Waals surface area contributed by atoms with E-state index in [4.69, 9.17) is 25.8 Å². The number of nitrogens with one attached hydrogen (secondary N) is 3. The molecule has 44 heavy (non-hydrogen) atoms. The van der Waals surface area contributed by atoms with Crippen LogP contribution in [0.5, 0.6) is 11.5 Å². The summed E-state index contributed by atoms with van der Waals surface area (Å²) >= 11 is 6.56. The Labute approximate surface area is 261 Å². The van der Waals surface area contributed by atoms with Crippen LogP contribution < -0.4 is 25.4 Å². The van der Waals surface area contributed by atoms with Crippen LogP contribution >= 0.6 is 11.6 Å².